The summed E-state index contributed by atoms with van der Waals surface area (Å²) in [5.74, 6) is -0.866. The first-order valence-electron chi connectivity index (χ1n) is 6.08. The Morgan fingerprint density at radius 2 is 2.18 bits per heavy atom. The SMILES string of the molecule is COC(=O)[C@H]1CCN(CCCC(=O)O)[C@@H](C)C1. The van der Waals surface area contributed by atoms with E-state index in [0.29, 0.717) is 12.5 Å². The number of methoxy groups -OCH3 is 1. The lowest BCUT2D eigenvalue weighted by Crippen LogP contribution is -2.43. The lowest BCUT2D eigenvalue weighted by molar-refractivity contribution is -0.147. The lowest BCUT2D eigenvalue weighted by Gasteiger charge is -2.36. The zero-order chi connectivity index (χ0) is 12.8. The van der Waals surface area contributed by atoms with E-state index in [2.05, 4.69) is 11.8 Å². The summed E-state index contributed by atoms with van der Waals surface area (Å²) in [5.41, 5.74) is 0. The van der Waals surface area contributed by atoms with E-state index in [4.69, 9.17) is 9.84 Å². The molecule has 98 valence electrons. The zero-order valence-electron chi connectivity index (χ0n) is 10.5. The number of piperidine rings is 1. The highest BCUT2D eigenvalue weighted by atomic mass is 16.5. The average Bonchev–Trinajstić information content (AvgIpc) is 2.29. The van der Waals surface area contributed by atoms with Gasteiger partial charge in [0.1, 0.15) is 0 Å². The maximum atomic E-state index is 11.4. The molecule has 0 aromatic heterocycles. The first kappa shape index (κ1) is 14.0. The molecular weight excluding hydrogens is 222 g/mol. The minimum Gasteiger partial charge on any atom is -0.481 e. The molecule has 0 saturated carbocycles. The Balaban J connectivity index is 2.32. The van der Waals surface area contributed by atoms with Crippen LogP contribution in [0.15, 0.2) is 0 Å². The van der Waals surface area contributed by atoms with Gasteiger partial charge < -0.3 is 14.7 Å². The van der Waals surface area contributed by atoms with Crippen LogP contribution in [-0.2, 0) is 14.3 Å². The third-order valence-electron chi connectivity index (χ3n) is 3.38. The molecule has 0 bridgehead atoms. The van der Waals surface area contributed by atoms with E-state index in [-0.39, 0.29) is 18.3 Å². The van der Waals surface area contributed by atoms with Crippen LogP contribution in [-0.4, -0.2) is 48.2 Å². The normalized spacial score (nSPS) is 25.5. The number of carboxylic acid groups (broad SMARTS) is 1. The van der Waals surface area contributed by atoms with Gasteiger partial charge in [0.25, 0.3) is 0 Å². The predicted molar refractivity (Wildman–Crippen MR) is 62.6 cm³/mol. The predicted octanol–water partition coefficient (Wildman–Crippen LogP) is 1.12. The van der Waals surface area contributed by atoms with Gasteiger partial charge in [0, 0.05) is 12.5 Å². The van der Waals surface area contributed by atoms with Gasteiger partial charge in [-0.25, -0.2) is 0 Å². The second-order valence-electron chi connectivity index (χ2n) is 4.63. The Kier molecular flexibility index (Phi) is 5.41. The van der Waals surface area contributed by atoms with Gasteiger partial charge in [-0.15, -0.1) is 0 Å². The summed E-state index contributed by atoms with van der Waals surface area (Å²) in [7, 11) is 1.42. The molecule has 1 N–H and O–H groups in total. The quantitative estimate of drug-likeness (QED) is 0.733. The molecule has 1 aliphatic rings. The maximum absolute atomic E-state index is 11.4. The summed E-state index contributed by atoms with van der Waals surface area (Å²) in [6.45, 7) is 3.72. The van der Waals surface area contributed by atoms with Crippen molar-refractivity contribution in [1.29, 1.82) is 0 Å². The van der Waals surface area contributed by atoms with E-state index in [9.17, 15) is 9.59 Å². The molecule has 5 heteroatoms. The van der Waals surface area contributed by atoms with Gasteiger partial charge in [0.2, 0.25) is 0 Å². The average molecular weight is 243 g/mol. The number of carboxylic acids is 1. The van der Waals surface area contributed by atoms with Crippen molar-refractivity contribution < 1.29 is 19.4 Å². The molecule has 0 spiro atoms. The lowest BCUT2D eigenvalue weighted by atomic mass is 9.91. The molecule has 1 heterocycles. The third-order valence-corrected chi connectivity index (χ3v) is 3.38. The van der Waals surface area contributed by atoms with Gasteiger partial charge >= 0.3 is 11.9 Å². The Bertz CT molecular complexity index is 280. The summed E-state index contributed by atoms with van der Waals surface area (Å²) in [4.78, 5) is 24.1. The van der Waals surface area contributed by atoms with Crippen LogP contribution < -0.4 is 0 Å². The van der Waals surface area contributed by atoms with Crippen molar-refractivity contribution in [3.05, 3.63) is 0 Å². The molecule has 0 aromatic rings. The van der Waals surface area contributed by atoms with Crippen molar-refractivity contribution in [3.63, 3.8) is 0 Å². The van der Waals surface area contributed by atoms with Gasteiger partial charge in [0.05, 0.1) is 13.0 Å². The van der Waals surface area contributed by atoms with Crippen molar-refractivity contribution in [1.82, 2.24) is 4.90 Å². The van der Waals surface area contributed by atoms with Gasteiger partial charge in [-0.1, -0.05) is 0 Å². The minimum absolute atomic E-state index is 0.00530. The van der Waals surface area contributed by atoms with E-state index in [0.717, 1.165) is 25.9 Å². The molecule has 1 saturated heterocycles. The number of carbonyl (C=O) groups excluding carboxylic acids is 1. The molecule has 0 radical (unpaired) electrons. The topological polar surface area (TPSA) is 66.8 Å². The fraction of sp³-hybridized carbons (Fsp3) is 0.833. The summed E-state index contributed by atoms with van der Waals surface area (Å²) >= 11 is 0. The van der Waals surface area contributed by atoms with Crippen molar-refractivity contribution in [2.24, 2.45) is 5.92 Å². The Hall–Kier alpha value is -1.10. The van der Waals surface area contributed by atoms with Gasteiger partial charge in [-0.05, 0) is 39.3 Å². The number of esters is 1. The Morgan fingerprint density at radius 3 is 2.71 bits per heavy atom. The number of hydrogen-bond acceptors (Lipinski definition) is 4. The Labute approximate surface area is 102 Å². The molecule has 1 aliphatic heterocycles. The molecule has 0 aromatic carbocycles. The summed E-state index contributed by atoms with van der Waals surface area (Å²) < 4.78 is 4.75. The summed E-state index contributed by atoms with van der Waals surface area (Å²) in [6, 6.07) is 0.321. The molecule has 0 amide bonds. The van der Waals surface area contributed by atoms with Gasteiger partial charge in [-0.3, -0.25) is 9.59 Å². The van der Waals surface area contributed by atoms with Crippen LogP contribution in [0.3, 0.4) is 0 Å². The van der Waals surface area contributed by atoms with Crippen molar-refractivity contribution in [2.75, 3.05) is 20.2 Å². The summed E-state index contributed by atoms with van der Waals surface area (Å²) in [6.07, 6.45) is 2.50. The summed E-state index contributed by atoms with van der Waals surface area (Å²) in [5, 5.41) is 8.58. The third kappa shape index (κ3) is 4.34. The molecule has 1 rings (SSSR count). The maximum Gasteiger partial charge on any atom is 0.308 e. The second kappa shape index (κ2) is 6.59. The molecule has 17 heavy (non-hydrogen) atoms. The number of nitrogens with zero attached hydrogens (tertiary/aromatic N) is 1. The minimum atomic E-state index is -0.748. The smallest absolute Gasteiger partial charge is 0.308 e. The van der Waals surface area contributed by atoms with Crippen LogP contribution in [0.5, 0.6) is 0 Å². The second-order valence-corrected chi connectivity index (χ2v) is 4.63. The monoisotopic (exact) mass is 243 g/mol. The molecule has 5 nitrogen and oxygen atoms in total. The van der Waals surface area contributed by atoms with Crippen molar-refractivity contribution in [3.8, 4) is 0 Å². The molecule has 0 unspecified atom stereocenters. The fourth-order valence-electron chi connectivity index (χ4n) is 2.37. The number of hydrogen-bond donors (Lipinski definition) is 1. The van der Waals surface area contributed by atoms with E-state index >= 15 is 0 Å². The van der Waals surface area contributed by atoms with E-state index in [1.165, 1.54) is 7.11 Å². The highest BCUT2D eigenvalue weighted by Crippen LogP contribution is 2.23. The molecule has 1 fully saturated rings. The number of ether oxygens (including phenoxy) is 1. The highest BCUT2D eigenvalue weighted by molar-refractivity contribution is 5.72. The van der Waals surface area contributed by atoms with E-state index < -0.39 is 5.97 Å². The van der Waals surface area contributed by atoms with Crippen LogP contribution in [0.25, 0.3) is 0 Å². The van der Waals surface area contributed by atoms with Crippen LogP contribution in [0.1, 0.15) is 32.6 Å². The van der Waals surface area contributed by atoms with E-state index in [1.54, 1.807) is 0 Å². The molecular formula is C12H21NO4. The highest BCUT2D eigenvalue weighted by Gasteiger charge is 2.29. The van der Waals surface area contributed by atoms with Crippen molar-refractivity contribution >= 4 is 11.9 Å². The number of aliphatic carboxylic acids is 1. The van der Waals surface area contributed by atoms with Gasteiger partial charge in [-0.2, -0.15) is 0 Å². The van der Waals surface area contributed by atoms with Crippen LogP contribution in [0.4, 0.5) is 0 Å². The first-order valence-corrected chi connectivity index (χ1v) is 6.08. The zero-order valence-corrected chi connectivity index (χ0v) is 10.5. The van der Waals surface area contributed by atoms with Crippen LogP contribution >= 0.6 is 0 Å². The van der Waals surface area contributed by atoms with Crippen molar-refractivity contribution in [2.45, 2.75) is 38.6 Å². The fourth-order valence-corrected chi connectivity index (χ4v) is 2.37. The molecule has 0 aliphatic carbocycles. The number of rotatable bonds is 5. The largest absolute Gasteiger partial charge is 0.481 e. The molecule has 2 atom stereocenters. The van der Waals surface area contributed by atoms with Gasteiger partial charge in [0.15, 0.2) is 0 Å². The van der Waals surface area contributed by atoms with Crippen LogP contribution in [0.2, 0.25) is 0 Å². The first-order chi connectivity index (χ1) is 8.04. The number of likely N-dealkylation sites (tertiary alicyclic amines) is 1. The standard InChI is InChI=1S/C12H21NO4/c1-9-8-10(12(16)17-2)5-7-13(9)6-3-4-11(14)15/h9-10H,3-8H2,1-2H3,(H,14,15)/t9-,10-/m0/s1. The number of carbonyl (C=O) groups is 2. The Morgan fingerprint density at radius 1 is 1.47 bits per heavy atom. The van der Waals surface area contributed by atoms with Crippen LogP contribution in [0, 0.1) is 5.92 Å². The van der Waals surface area contributed by atoms with E-state index in [1.807, 2.05) is 0 Å².